The molecule has 0 saturated carbocycles. The number of aromatic nitrogens is 2. The van der Waals surface area contributed by atoms with Crippen molar-refractivity contribution < 1.29 is 0 Å². The van der Waals surface area contributed by atoms with Crippen LogP contribution in [0.15, 0.2) is 109 Å². The Labute approximate surface area is 191 Å². The second-order valence-electron chi connectivity index (χ2n) is 8.85. The van der Waals surface area contributed by atoms with Gasteiger partial charge >= 0.3 is 0 Å². The maximum Gasteiger partial charge on any atom is 0.0541 e. The Hall–Kier alpha value is -4.30. The van der Waals surface area contributed by atoms with E-state index in [0.717, 1.165) is 0 Å². The van der Waals surface area contributed by atoms with E-state index in [2.05, 4.69) is 126 Å². The Kier molecular flexibility index (Phi) is 3.80. The van der Waals surface area contributed by atoms with Gasteiger partial charge in [-0.2, -0.15) is 0 Å². The van der Waals surface area contributed by atoms with Crippen molar-refractivity contribution >= 4 is 43.6 Å². The standard InChI is InChI=1S/C31H22N2/c1-20-7-6-8-23(17-20)33-30-12-5-3-10-25(30)27-19-22(14-16-31(27)33)21-13-15-29-26(18-21)24-9-2-4-11-28(24)32-29/h2-19,32H,1H3. The van der Waals surface area contributed by atoms with E-state index in [9.17, 15) is 0 Å². The summed E-state index contributed by atoms with van der Waals surface area (Å²) in [4.78, 5) is 3.53. The van der Waals surface area contributed by atoms with Crippen molar-refractivity contribution in [3.63, 3.8) is 0 Å². The van der Waals surface area contributed by atoms with Crippen LogP contribution in [0.4, 0.5) is 0 Å². The van der Waals surface area contributed by atoms with Crippen molar-refractivity contribution in [2.45, 2.75) is 6.92 Å². The van der Waals surface area contributed by atoms with E-state index in [0.29, 0.717) is 0 Å². The van der Waals surface area contributed by atoms with Crippen LogP contribution in [0.3, 0.4) is 0 Å². The summed E-state index contributed by atoms with van der Waals surface area (Å²) in [6, 6.07) is 39.6. The number of hydrogen-bond donors (Lipinski definition) is 1. The Morgan fingerprint density at radius 2 is 1.21 bits per heavy atom. The molecule has 2 heteroatoms. The van der Waals surface area contributed by atoms with Gasteiger partial charge in [0.15, 0.2) is 0 Å². The molecule has 0 atom stereocenters. The van der Waals surface area contributed by atoms with Crippen LogP contribution in [0, 0.1) is 6.92 Å². The van der Waals surface area contributed by atoms with E-state index in [4.69, 9.17) is 0 Å². The number of hydrogen-bond acceptors (Lipinski definition) is 0. The summed E-state index contributed by atoms with van der Waals surface area (Å²) in [5.41, 5.74) is 9.78. The number of nitrogens with one attached hydrogen (secondary N) is 1. The molecule has 0 unspecified atom stereocenters. The van der Waals surface area contributed by atoms with Crippen LogP contribution < -0.4 is 0 Å². The second-order valence-corrected chi connectivity index (χ2v) is 8.85. The van der Waals surface area contributed by atoms with Crippen molar-refractivity contribution in [1.82, 2.24) is 9.55 Å². The Balaban J connectivity index is 1.48. The van der Waals surface area contributed by atoms with E-state index in [-0.39, 0.29) is 0 Å². The SMILES string of the molecule is Cc1cccc(-n2c3ccccc3c3cc(-c4ccc5[nH]c6ccccc6c5c4)ccc32)c1. The van der Waals surface area contributed by atoms with Crippen LogP contribution in [0.1, 0.15) is 5.56 Å². The van der Waals surface area contributed by atoms with E-state index >= 15 is 0 Å². The highest BCUT2D eigenvalue weighted by molar-refractivity contribution is 6.11. The zero-order valence-electron chi connectivity index (χ0n) is 18.3. The molecule has 0 fully saturated rings. The first-order valence-electron chi connectivity index (χ1n) is 11.4. The highest BCUT2D eigenvalue weighted by Crippen LogP contribution is 2.36. The average molecular weight is 423 g/mol. The number of nitrogens with zero attached hydrogens (tertiary/aromatic N) is 1. The molecule has 0 radical (unpaired) electrons. The number of benzene rings is 5. The molecule has 0 aliphatic heterocycles. The average Bonchev–Trinajstić information content (AvgIpc) is 3.39. The fourth-order valence-corrected chi connectivity index (χ4v) is 5.23. The Morgan fingerprint density at radius 1 is 0.515 bits per heavy atom. The first kappa shape index (κ1) is 18.3. The monoisotopic (exact) mass is 422 g/mol. The molecule has 0 amide bonds. The Morgan fingerprint density at radius 3 is 2.09 bits per heavy atom. The van der Waals surface area contributed by atoms with Crippen LogP contribution in [-0.2, 0) is 0 Å². The van der Waals surface area contributed by atoms with Crippen LogP contribution >= 0.6 is 0 Å². The maximum absolute atomic E-state index is 3.53. The Bertz CT molecular complexity index is 1830. The fourth-order valence-electron chi connectivity index (χ4n) is 5.23. The number of para-hydroxylation sites is 2. The quantitative estimate of drug-likeness (QED) is 0.289. The minimum absolute atomic E-state index is 1.18. The van der Waals surface area contributed by atoms with E-state index in [1.165, 1.54) is 66.0 Å². The lowest BCUT2D eigenvalue weighted by molar-refractivity contribution is 1.17. The molecular formula is C31H22N2. The van der Waals surface area contributed by atoms with Gasteiger partial charge in [-0.05, 0) is 72.1 Å². The molecule has 5 aromatic carbocycles. The summed E-state index contributed by atoms with van der Waals surface area (Å²) in [5.74, 6) is 0. The lowest BCUT2D eigenvalue weighted by atomic mass is 10.0. The molecule has 2 nitrogen and oxygen atoms in total. The van der Waals surface area contributed by atoms with Gasteiger partial charge in [0.05, 0.1) is 11.0 Å². The molecular weight excluding hydrogens is 400 g/mol. The molecule has 156 valence electrons. The smallest absolute Gasteiger partial charge is 0.0541 e. The van der Waals surface area contributed by atoms with Gasteiger partial charge in [0.25, 0.3) is 0 Å². The largest absolute Gasteiger partial charge is 0.355 e. The molecule has 2 heterocycles. The van der Waals surface area contributed by atoms with Gasteiger partial charge in [-0.3, -0.25) is 0 Å². The van der Waals surface area contributed by atoms with E-state index in [1.807, 2.05) is 0 Å². The number of H-pyrrole nitrogens is 1. The second kappa shape index (κ2) is 6.85. The minimum atomic E-state index is 1.18. The maximum atomic E-state index is 3.53. The van der Waals surface area contributed by atoms with E-state index in [1.54, 1.807) is 0 Å². The highest BCUT2D eigenvalue weighted by Gasteiger charge is 2.13. The van der Waals surface area contributed by atoms with E-state index < -0.39 is 0 Å². The molecule has 2 aromatic heterocycles. The molecule has 0 aliphatic rings. The summed E-state index contributed by atoms with van der Waals surface area (Å²) in [6.07, 6.45) is 0. The third-order valence-electron chi connectivity index (χ3n) is 6.77. The summed E-state index contributed by atoms with van der Waals surface area (Å²) < 4.78 is 2.38. The van der Waals surface area contributed by atoms with Crippen LogP contribution in [0.2, 0.25) is 0 Å². The van der Waals surface area contributed by atoms with Crippen molar-refractivity contribution in [1.29, 1.82) is 0 Å². The van der Waals surface area contributed by atoms with Crippen LogP contribution in [0.5, 0.6) is 0 Å². The number of aryl methyl sites for hydroxylation is 1. The van der Waals surface area contributed by atoms with Gasteiger partial charge in [-0.25, -0.2) is 0 Å². The normalized spacial score (nSPS) is 11.8. The molecule has 33 heavy (non-hydrogen) atoms. The van der Waals surface area contributed by atoms with Crippen molar-refractivity contribution in [2.75, 3.05) is 0 Å². The lowest BCUT2D eigenvalue weighted by Gasteiger charge is -2.09. The van der Waals surface area contributed by atoms with Gasteiger partial charge in [-0.15, -0.1) is 0 Å². The van der Waals surface area contributed by atoms with Crippen molar-refractivity contribution in [2.24, 2.45) is 0 Å². The molecule has 0 bridgehead atoms. The molecule has 1 N–H and O–H groups in total. The third kappa shape index (κ3) is 2.74. The first-order valence-corrected chi connectivity index (χ1v) is 11.4. The predicted octanol–water partition coefficient (Wildman–Crippen LogP) is 8.39. The summed E-state index contributed by atoms with van der Waals surface area (Å²) in [6.45, 7) is 2.15. The fraction of sp³-hybridized carbons (Fsp3) is 0.0323. The molecule has 0 aliphatic carbocycles. The zero-order valence-corrected chi connectivity index (χ0v) is 18.3. The zero-order chi connectivity index (χ0) is 21.9. The highest BCUT2D eigenvalue weighted by atomic mass is 15.0. The third-order valence-corrected chi connectivity index (χ3v) is 6.77. The molecule has 0 spiro atoms. The van der Waals surface area contributed by atoms with Gasteiger partial charge in [-0.1, -0.05) is 60.7 Å². The van der Waals surface area contributed by atoms with Crippen molar-refractivity contribution in [3.8, 4) is 16.8 Å². The van der Waals surface area contributed by atoms with Gasteiger partial charge < -0.3 is 9.55 Å². The topological polar surface area (TPSA) is 20.7 Å². The predicted molar refractivity (Wildman–Crippen MR) is 140 cm³/mol. The van der Waals surface area contributed by atoms with Crippen molar-refractivity contribution in [3.05, 3.63) is 115 Å². The van der Waals surface area contributed by atoms with Crippen LogP contribution in [-0.4, -0.2) is 9.55 Å². The summed E-state index contributed by atoms with van der Waals surface area (Å²) in [5, 5.41) is 5.10. The lowest BCUT2D eigenvalue weighted by Crippen LogP contribution is -1.94. The van der Waals surface area contributed by atoms with Crippen LogP contribution in [0.25, 0.3) is 60.4 Å². The molecule has 7 rings (SSSR count). The summed E-state index contributed by atoms with van der Waals surface area (Å²) >= 11 is 0. The first-order chi connectivity index (χ1) is 16.3. The van der Waals surface area contributed by atoms with Gasteiger partial charge in [0.2, 0.25) is 0 Å². The number of fused-ring (bicyclic) bond motifs is 6. The number of aromatic amines is 1. The summed E-state index contributed by atoms with van der Waals surface area (Å²) in [7, 11) is 0. The number of rotatable bonds is 2. The van der Waals surface area contributed by atoms with Gasteiger partial charge in [0.1, 0.15) is 0 Å². The minimum Gasteiger partial charge on any atom is -0.355 e. The molecule has 7 aromatic rings. The van der Waals surface area contributed by atoms with Gasteiger partial charge in [0, 0.05) is 38.3 Å². The molecule has 0 saturated heterocycles.